The SMILES string of the molecule is CC[C@H](C)C(=O)c1nc(C(=O)O)cs1. The van der Waals surface area contributed by atoms with E-state index in [-0.39, 0.29) is 22.4 Å². The summed E-state index contributed by atoms with van der Waals surface area (Å²) in [5.41, 5.74) is -0.0540. The van der Waals surface area contributed by atoms with Gasteiger partial charge in [-0.05, 0) is 6.42 Å². The molecule has 14 heavy (non-hydrogen) atoms. The quantitative estimate of drug-likeness (QED) is 0.777. The van der Waals surface area contributed by atoms with Crippen molar-refractivity contribution in [3.8, 4) is 0 Å². The zero-order valence-electron chi connectivity index (χ0n) is 7.98. The molecule has 0 fully saturated rings. The second-order valence-electron chi connectivity index (χ2n) is 3.02. The zero-order chi connectivity index (χ0) is 10.7. The summed E-state index contributed by atoms with van der Waals surface area (Å²) in [7, 11) is 0. The maximum atomic E-state index is 11.6. The zero-order valence-corrected chi connectivity index (χ0v) is 8.80. The molecule has 0 bridgehead atoms. The number of hydrogen-bond donors (Lipinski definition) is 1. The van der Waals surface area contributed by atoms with E-state index < -0.39 is 5.97 Å². The number of ketones is 1. The van der Waals surface area contributed by atoms with Crippen LogP contribution in [-0.4, -0.2) is 21.8 Å². The van der Waals surface area contributed by atoms with E-state index in [9.17, 15) is 9.59 Å². The Morgan fingerprint density at radius 2 is 2.29 bits per heavy atom. The second kappa shape index (κ2) is 4.32. The van der Waals surface area contributed by atoms with Gasteiger partial charge in [-0.15, -0.1) is 11.3 Å². The molecule has 0 aliphatic carbocycles. The molecule has 0 aliphatic rings. The third-order valence-corrected chi connectivity index (χ3v) is 2.85. The number of carboxylic acids is 1. The molecule has 1 aromatic rings. The molecule has 76 valence electrons. The first-order chi connectivity index (χ1) is 6.56. The van der Waals surface area contributed by atoms with Gasteiger partial charge in [0, 0.05) is 11.3 Å². The van der Waals surface area contributed by atoms with E-state index >= 15 is 0 Å². The maximum absolute atomic E-state index is 11.6. The van der Waals surface area contributed by atoms with Crippen molar-refractivity contribution in [2.24, 2.45) is 5.92 Å². The molecule has 0 saturated carbocycles. The number of hydrogen-bond acceptors (Lipinski definition) is 4. The number of rotatable bonds is 4. The van der Waals surface area contributed by atoms with E-state index in [0.717, 1.165) is 17.8 Å². The van der Waals surface area contributed by atoms with Gasteiger partial charge >= 0.3 is 5.97 Å². The summed E-state index contributed by atoms with van der Waals surface area (Å²) in [6, 6.07) is 0. The van der Waals surface area contributed by atoms with E-state index in [4.69, 9.17) is 5.11 Å². The fourth-order valence-corrected chi connectivity index (χ4v) is 1.73. The minimum Gasteiger partial charge on any atom is -0.476 e. The highest BCUT2D eigenvalue weighted by atomic mass is 32.1. The van der Waals surface area contributed by atoms with E-state index in [1.54, 1.807) is 0 Å². The summed E-state index contributed by atoms with van der Waals surface area (Å²) in [6.07, 6.45) is 0.737. The predicted octanol–water partition coefficient (Wildman–Crippen LogP) is 2.07. The number of aromatic carboxylic acids is 1. The van der Waals surface area contributed by atoms with Crippen molar-refractivity contribution < 1.29 is 14.7 Å². The fraction of sp³-hybridized carbons (Fsp3) is 0.444. The van der Waals surface area contributed by atoms with Gasteiger partial charge in [0.15, 0.2) is 16.5 Å². The van der Waals surface area contributed by atoms with Crippen LogP contribution in [0.2, 0.25) is 0 Å². The molecule has 0 radical (unpaired) electrons. The molecule has 1 heterocycles. The molecule has 5 heteroatoms. The van der Waals surface area contributed by atoms with Gasteiger partial charge in [0.25, 0.3) is 0 Å². The van der Waals surface area contributed by atoms with Gasteiger partial charge in [-0.25, -0.2) is 9.78 Å². The number of aromatic nitrogens is 1. The van der Waals surface area contributed by atoms with Crippen LogP contribution in [0.15, 0.2) is 5.38 Å². The monoisotopic (exact) mass is 213 g/mol. The Balaban J connectivity index is 2.87. The molecule has 1 atom stereocenters. The summed E-state index contributed by atoms with van der Waals surface area (Å²) < 4.78 is 0. The lowest BCUT2D eigenvalue weighted by molar-refractivity contribution is 0.0691. The molecule has 0 saturated heterocycles. The van der Waals surface area contributed by atoms with Crippen LogP contribution >= 0.6 is 11.3 Å². The summed E-state index contributed by atoms with van der Waals surface area (Å²) in [5, 5.41) is 10.3. The number of Topliss-reactive ketones (excluding diaryl/α,β-unsaturated/α-hetero) is 1. The molecule has 1 aromatic heterocycles. The van der Waals surface area contributed by atoms with Crippen LogP contribution in [0, 0.1) is 5.92 Å². The van der Waals surface area contributed by atoms with E-state index in [2.05, 4.69) is 4.98 Å². The van der Waals surface area contributed by atoms with Crippen LogP contribution in [0.5, 0.6) is 0 Å². The molecule has 0 amide bonds. The highest BCUT2D eigenvalue weighted by Gasteiger charge is 2.18. The maximum Gasteiger partial charge on any atom is 0.355 e. The number of carboxylic acid groups (broad SMARTS) is 1. The smallest absolute Gasteiger partial charge is 0.355 e. The molecule has 0 aromatic carbocycles. The largest absolute Gasteiger partial charge is 0.476 e. The topological polar surface area (TPSA) is 67.3 Å². The standard InChI is InChI=1S/C9H11NO3S/c1-3-5(2)7(11)8-10-6(4-14-8)9(12)13/h4-5H,3H2,1-2H3,(H,12,13)/t5-/m0/s1. The normalized spacial score (nSPS) is 12.4. The molecule has 4 nitrogen and oxygen atoms in total. The van der Waals surface area contributed by atoms with Crippen molar-refractivity contribution in [3.05, 3.63) is 16.1 Å². The first-order valence-electron chi connectivity index (χ1n) is 4.29. The predicted molar refractivity (Wildman–Crippen MR) is 52.9 cm³/mol. The number of thiazole rings is 1. The lowest BCUT2D eigenvalue weighted by atomic mass is 10.0. The van der Waals surface area contributed by atoms with Crippen LogP contribution in [0.1, 0.15) is 40.6 Å². The van der Waals surface area contributed by atoms with Crippen LogP contribution in [0.4, 0.5) is 0 Å². The Kier molecular flexibility index (Phi) is 3.35. The van der Waals surface area contributed by atoms with Crippen LogP contribution in [0.3, 0.4) is 0 Å². The molecule has 1 N–H and O–H groups in total. The summed E-state index contributed by atoms with van der Waals surface area (Å²) >= 11 is 1.09. The lowest BCUT2D eigenvalue weighted by Gasteiger charge is -2.02. The van der Waals surface area contributed by atoms with Crippen LogP contribution < -0.4 is 0 Å². The van der Waals surface area contributed by atoms with Gasteiger partial charge in [0.2, 0.25) is 0 Å². The Morgan fingerprint density at radius 1 is 1.64 bits per heavy atom. The van der Waals surface area contributed by atoms with Gasteiger partial charge in [0.05, 0.1) is 0 Å². The van der Waals surface area contributed by atoms with Crippen molar-refractivity contribution in [3.63, 3.8) is 0 Å². The molecule has 0 aliphatic heterocycles. The molecule has 0 unspecified atom stereocenters. The van der Waals surface area contributed by atoms with E-state index in [0.29, 0.717) is 0 Å². The Morgan fingerprint density at radius 3 is 2.71 bits per heavy atom. The molecular formula is C9H11NO3S. The highest BCUT2D eigenvalue weighted by Crippen LogP contribution is 2.16. The molecule has 1 rings (SSSR count). The van der Waals surface area contributed by atoms with Crippen molar-refractivity contribution >= 4 is 23.1 Å². The summed E-state index contributed by atoms with van der Waals surface area (Å²) in [5.74, 6) is -1.27. The third kappa shape index (κ3) is 2.17. The van der Waals surface area contributed by atoms with Crippen LogP contribution in [-0.2, 0) is 0 Å². The fourth-order valence-electron chi connectivity index (χ4n) is 0.881. The molecular weight excluding hydrogens is 202 g/mol. The first kappa shape index (κ1) is 10.8. The number of nitrogens with zero attached hydrogens (tertiary/aromatic N) is 1. The van der Waals surface area contributed by atoms with Crippen molar-refractivity contribution in [1.82, 2.24) is 4.98 Å². The highest BCUT2D eigenvalue weighted by molar-refractivity contribution is 7.11. The lowest BCUT2D eigenvalue weighted by Crippen LogP contribution is -2.10. The van der Waals surface area contributed by atoms with Gasteiger partial charge in [-0.3, -0.25) is 4.79 Å². The average Bonchev–Trinajstić information content (AvgIpc) is 2.64. The van der Waals surface area contributed by atoms with Crippen molar-refractivity contribution in [1.29, 1.82) is 0 Å². The van der Waals surface area contributed by atoms with Crippen molar-refractivity contribution in [2.75, 3.05) is 0 Å². The van der Waals surface area contributed by atoms with Gasteiger partial charge < -0.3 is 5.11 Å². The second-order valence-corrected chi connectivity index (χ2v) is 3.87. The number of carbonyl (C=O) groups is 2. The van der Waals surface area contributed by atoms with E-state index in [1.165, 1.54) is 5.38 Å². The van der Waals surface area contributed by atoms with Crippen LogP contribution in [0.25, 0.3) is 0 Å². The van der Waals surface area contributed by atoms with Gasteiger partial charge in [-0.2, -0.15) is 0 Å². The average molecular weight is 213 g/mol. The summed E-state index contributed by atoms with van der Waals surface area (Å²) in [6.45, 7) is 3.72. The Labute approximate surface area is 85.6 Å². The number of carbonyl (C=O) groups excluding carboxylic acids is 1. The van der Waals surface area contributed by atoms with Gasteiger partial charge in [-0.1, -0.05) is 13.8 Å². The molecule has 0 spiro atoms. The van der Waals surface area contributed by atoms with E-state index in [1.807, 2.05) is 13.8 Å². The minimum atomic E-state index is -1.09. The Bertz CT molecular complexity index is 359. The minimum absolute atomic E-state index is 0.0540. The third-order valence-electron chi connectivity index (χ3n) is 1.99. The summed E-state index contributed by atoms with van der Waals surface area (Å²) in [4.78, 5) is 25.8. The first-order valence-corrected chi connectivity index (χ1v) is 5.17. The van der Waals surface area contributed by atoms with Crippen molar-refractivity contribution in [2.45, 2.75) is 20.3 Å². The van der Waals surface area contributed by atoms with Gasteiger partial charge in [0.1, 0.15) is 0 Å². The Hall–Kier alpha value is -1.23.